The first-order valence-electron chi connectivity index (χ1n) is 7.69. The Balaban J connectivity index is 2.10. The van der Waals surface area contributed by atoms with E-state index in [1.165, 1.54) is 30.5 Å². The molecule has 0 aliphatic rings. The van der Waals surface area contributed by atoms with Crippen LogP contribution in [0.1, 0.15) is 6.92 Å². The van der Waals surface area contributed by atoms with Gasteiger partial charge in [-0.05, 0) is 31.2 Å². The Morgan fingerprint density at radius 2 is 1.96 bits per heavy atom. The minimum atomic E-state index is -0.636. The quantitative estimate of drug-likeness (QED) is 0.341. The van der Waals surface area contributed by atoms with Crippen LogP contribution < -0.4 is 15.4 Å². The molecule has 0 saturated heterocycles. The molecule has 0 fully saturated rings. The number of carbonyl (C=O) groups excluding carboxylic acids is 1. The molecule has 1 amide bonds. The van der Waals surface area contributed by atoms with E-state index in [2.05, 4.69) is 10.6 Å². The zero-order valence-corrected chi connectivity index (χ0v) is 13.9. The second-order valence-electron chi connectivity index (χ2n) is 5.00. The summed E-state index contributed by atoms with van der Waals surface area (Å²) in [4.78, 5) is 22.3. The number of rotatable bonds is 7. The largest absolute Gasteiger partial charge is 0.492 e. The van der Waals surface area contributed by atoms with Gasteiger partial charge in [-0.15, -0.1) is 0 Å². The van der Waals surface area contributed by atoms with Gasteiger partial charge in [0.05, 0.1) is 17.2 Å². The lowest BCUT2D eigenvalue weighted by Crippen LogP contribution is -2.14. The summed E-state index contributed by atoms with van der Waals surface area (Å²) in [6.07, 6.45) is 1.28. The van der Waals surface area contributed by atoms with Crippen molar-refractivity contribution in [3.8, 4) is 11.8 Å². The third-order valence-corrected chi connectivity index (χ3v) is 3.26. The predicted molar refractivity (Wildman–Crippen MR) is 96.7 cm³/mol. The summed E-state index contributed by atoms with van der Waals surface area (Å²) in [5, 5.41) is 25.2. The number of nitriles is 1. The van der Waals surface area contributed by atoms with Crippen molar-refractivity contribution in [2.75, 3.05) is 17.2 Å². The molecule has 2 rings (SSSR count). The SMILES string of the molecule is CCOc1ccccc1N/C=C(/C#N)C(=O)Nc1ccc([N+](=O)[O-])cc1. The number of amides is 1. The van der Waals surface area contributed by atoms with Crippen LogP contribution in [0, 0.1) is 21.4 Å². The normalized spacial score (nSPS) is 10.5. The van der Waals surface area contributed by atoms with Crippen molar-refractivity contribution >= 4 is 23.0 Å². The van der Waals surface area contributed by atoms with Crippen molar-refractivity contribution in [1.82, 2.24) is 0 Å². The van der Waals surface area contributed by atoms with Crippen LogP contribution in [0.4, 0.5) is 17.1 Å². The number of hydrogen-bond acceptors (Lipinski definition) is 6. The van der Waals surface area contributed by atoms with Gasteiger partial charge in [0.15, 0.2) is 0 Å². The molecule has 0 aliphatic carbocycles. The Hall–Kier alpha value is -3.86. The maximum Gasteiger partial charge on any atom is 0.269 e. The van der Waals surface area contributed by atoms with Gasteiger partial charge in [0.2, 0.25) is 0 Å². The summed E-state index contributed by atoms with van der Waals surface area (Å²) in [6, 6.07) is 14.3. The van der Waals surface area contributed by atoms with Crippen molar-refractivity contribution in [3.05, 3.63) is 70.4 Å². The van der Waals surface area contributed by atoms with Crippen molar-refractivity contribution in [2.24, 2.45) is 0 Å². The first-order chi connectivity index (χ1) is 12.5. The highest BCUT2D eigenvalue weighted by molar-refractivity contribution is 6.06. The molecule has 0 unspecified atom stereocenters. The van der Waals surface area contributed by atoms with E-state index in [4.69, 9.17) is 4.74 Å². The van der Waals surface area contributed by atoms with Crippen molar-refractivity contribution in [3.63, 3.8) is 0 Å². The minimum Gasteiger partial charge on any atom is -0.492 e. The van der Waals surface area contributed by atoms with E-state index >= 15 is 0 Å². The van der Waals surface area contributed by atoms with E-state index in [0.29, 0.717) is 23.7 Å². The summed E-state index contributed by atoms with van der Waals surface area (Å²) >= 11 is 0. The van der Waals surface area contributed by atoms with Gasteiger partial charge in [0.25, 0.3) is 11.6 Å². The molecule has 0 radical (unpaired) electrons. The summed E-state index contributed by atoms with van der Waals surface area (Å²) in [7, 11) is 0. The first-order valence-corrected chi connectivity index (χ1v) is 7.69. The Labute approximate surface area is 149 Å². The molecule has 0 spiro atoms. The average Bonchev–Trinajstić information content (AvgIpc) is 2.64. The monoisotopic (exact) mass is 352 g/mol. The van der Waals surface area contributed by atoms with E-state index in [9.17, 15) is 20.2 Å². The summed E-state index contributed by atoms with van der Waals surface area (Å²) in [5.74, 6) is -0.0398. The summed E-state index contributed by atoms with van der Waals surface area (Å²) in [5.41, 5.74) is 0.713. The lowest BCUT2D eigenvalue weighted by Gasteiger charge is -2.10. The smallest absolute Gasteiger partial charge is 0.269 e. The number of nitrogens with one attached hydrogen (secondary N) is 2. The zero-order chi connectivity index (χ0) is 18.9. The van der Waals surface area contributed by atoms with Crippen LogP contribution in [0.15, 0.2) is 60.3 Å². The van der Waals surface area contributed by atoms with Gasteiger partial charge in [-0.3, -0.25) is 14.9 Å². The maximum atomic E-state index is 12.2. The van der Waals surface area contributed by atoms with Crippen LogP contribution >= 0.6 is 0 Å². The molecule has 26 heavy (non-hydrogen) atoms. The second kappa shape index (κ2) is 8.84. The zero-order valence-electron chi connectivity index (χ0n) is 13.9. The molecular weight excluding hydrogens is 336 g/mol. The molecular formula is C18H16N4O4. The van der Waals surface area contributed by atoms with Crippen LogP contribution in [-0.4, -0.2) is 17.4 Å². The lowest BCUT2D eigenvalue weighted by atomic mass is 10.2. The number of nitro groups is 1. The second-order valence-corrected chi connectivity index (χ2v) is 5.00. The van der Waals surface area contributed by atoms with Gasteiger partial charge in [-0.1, -0.05) is 12.1 Å². The topological polar surface area (TPSA) is 117 Å². The predicted octanol–water partition coefficient (Wildman–Crippen LogP) is 3.45. The third kappa shape index (κ3) is 4.82. The highest BCUT2D eigenvalue weighted by atomic mass is 16.6. The number of nitro benzene ring substituents is 1. The Morgan fingerprint density at radius 3 is 2.58 bits per heavy atom. The molecule has 0 bridgehead atoms. The molecule has 2 N–H and O–H groups in total. The van der Waals surface area contributed by atoms with Crippen LogP contribution in [-0.2, 0) is 4.79 Å². The van der Waals surface area contributed by atoms with E-state index < -0.39 is 10.8 Å². The lowest BCUT2D eigenvalue weighted by molar-refractivity contribution is -0.384. The van der Waals surface area contributed by atoms with Gasteiger partial charge in [0, 0.05) is 24.0 Å². The summed E-state index contributed by atoms with van der Waals surface area (Å²) < 4.78 is 5.46. The molecule has 0 heterocycles. The standard InChI is InChI=1S/C18H16N4O4/c1-2-26-17-6-4-3-5-16(17)20-12-13(11-19)18(23)21-14-7-9-15(10-8-14)22(24)25/h3-10,12,20H,2H2,1H3,(H,21,23)/b13-12-. The van der Waals surface area contributed by atoms with Gasteiger partial charge >= 0.3 is 0 Å². The fraction of sp³-hybridized carbons (Fsp3) is 0.111. The molecule has 132 valence electrons. The van der Waals surface area contributed by atoms with Crippen LogP contribution in [0.5, 0.6) is 5.75 Å². The van der Waals surface area contributed by atoms with Gasteiger partial charge in [0.1, 0.15) is 17.4 Å². The van der Waals surface area contributed by atoms with Crippen LogP contribution in [0.25, 0.3) is 0 Å². The molecule has 0 aliphatic heterocycles. The highest BCUT2D eigenvalue weighted by Gasteiger charge is 2.11. The van der Waals surface area contributed by atoms with Crippen molar-refractivity contribution in [1.29, 1.82) is 5.26 Å². The number of ether oxygens (including phenoxy) is 1. The molecule has 0 saturated carbocycles. The highest BCUT2D eigenvalue weighted by Crippen LogP contribution is 2.24. The van der Waals surface area contributed by atoms with Gasteiger partial charge in [-0.25, -0.2) is 0 Å². The number of nitrogens with zero attached hydrogens (tertiary/aromatic N) is 2. The number of anilines is 2. The Bertz CT molecular complexity index is 870. The molecule has 8 heteroatoms. The number of hydrogen-bond donors (Lipinski definition) is 2. The molecule has 8 nitrogen and oxygen atoms in total. The fourth-order valence-corrected chi connectivity index (χ4v) is 2.03. The molecule has 0 atom stereocenters. The number of para-hydroxylation sites is 2. The van der Waals surface area contributed by atoms with E-state index in [0.717, 1.165) is 0 Å². The van der Waals surface area contributed by atoms with Crippen molar-refractivity contribution in [2.45, 2.75) is 6.92 Å². The maximum absolute atomic E-state index is 12.2. The molecule has 2 aromatic rings. The summed E-state index contributed by atoms with van der Waals surface area (Å²) in [6.45, 7) is 2.33. The van der Waals surface area contributed by atoms with E-state index in [1.807, 2.05) is 19.1 Å². The molecule has 2 aromatic carbocycles. The minimum absolute atomic E-state index is 0.0896. The molecule has 0 aromatic heterocycles. The fourth-order valence-electron chi connectivity index (χ4n) is 2.03. The van der Waals surface area contributed by atoms with Crippen molar-refractivity contribution < 1.29 is 14.5 Å². The Kier molecular flexibility index (Phi) is 6.28. The number of benzene rings is 2. The number of carbonyl (C=O) groups is 1. The van der Waals surface area contributed by atoms with Gasteiger partial charge in [-0.2, -0.15) is 5.26 Å². The van der Waals surface area contributed by atoms with E-state index in [-0.39, 0.29) is 11.3 Å². The Morgan fingerprint density at radius 1 is 1.27 bits per heavy atom. The first kappa shape index (κ1) is 18.5. The van der Waals surface area contributed by atoms with E-state index in [1.54, 1.807) is 18.2 Å². The average molecular weight is 352 g/mol. The van der Waals surface area contributed by atoms with Crippen LogP contribution in [0.2, 0.25) is 0 Å². The third-order valence-electron chi connectivity index (χ3n) is 3.26. The van der Waals surface area contributed by atoms with Gasteiger partial charge < -0.3 is 15.4 Å². The van der Waals surface area contributed by atoms with Crippen LogP contribution in [0.3, 0.4) is 0 Å². The number of non-ortho nitro benzene ring substituents is 1.